The van der Waals surface area contributed by atoms with Gasteiger partial charge in [0.15, 0.2) is 11.7 Å². The third-order valence-electron chi connectivity index (χ3n) is 3.77. The summed E-state index contributed by atoms with van der Waals surface area (Å²) in [5.74, 6) is -0.237. The number of halogens is 3. The number of nitrogens with two attached hydrogens (primary N) is 1. The summed E-state index contributed by atoms with van der Waals surface area (Å²) in [6.07, 6.45) is -2.92. The van der Waals surface area contributed by atoms with E-state index in [9.17, 15) is 13.2 Å². The van der Waals surface area contributed by atoms with Crippen LogP contribution in [0.25, 0.3) is 0 Å². The van der Waals surface area contributed by atoms with E-state index < -0.39 is 17.8 Å². The van der Waals surface area contributed by atoms with E-state index in [1.165, 1.54) is 0 Å². The molecule has 1 aromatic heterocycles. The van der Waals surface area contributed by atoms with Gasteiger partial charge >= 0.3 is 6.18 Å². The molecule has 1 aromatic rings. The van der Waals surface area contributed by atoms with Gasteiger partial charge in [-0.2, -0.15) is 13.2 Å². The summed E-state index contributed by atoms with van der Waals surface area (Å²) < 4.78 is 39.7. The number of hydrogen-bond acceptors (Lipinski definition) is 3. The Balaban J connectivity index is 2.48. The molecule has 4 N–H and O–H groups in total. The van der Waals surface area contributed by atoms with Crippen LogP contribution in [-0.2, 0) is 19.0 Å². The summed E-state index contributed by atoms with van der Waals surface area (Å²) in [6.45, 7) is 4.02. The molecule has 0 aliphatic heterocycles. The van der Waals surface area contributed by atoms with Crippen molar-refractivity contribution in [1.29, 1.82) is 5.41 Å². The average Bonchev–Trinajstić information content (AvgIpc) is 2.35. The lowest BCUT2D eigenvalue weighted by Crippen LogP contribution is -2.28. The molecule has 1 atom stereocenters. The molecule has 0 spiro atoms. The van der Waals surface area contributed by atoms with Gasteiger partial charge in [-0.25, -0.2) is 9.97 Å². The molecule has 21 heavy (non-hydrogen) atoms. The van der Waals surface area contributed by atoms with Crippen molar-refractivity contribution < 1.29 is 13.2 Å². The van der Waals surface area contributed by atoms with Gasteiger partial charge in [0, 0.05) is 11.3 Å². The first-order chi connectivity index (χ1) is 9.68. The van der Waals surface area contributed by atoms with Gasteiger partial charge in [-0.05, 0) is 31.1 Å². The lowest BCUT2D eigenvalue weighted by Gasteiger charge is -2.28. The molecule has 1 unspecified atom stereocenters. The van der Waals surface area contributed by atoms with E-state index in [4.69, 9.17) is 11.1 Å². The molecule has 2 rings (SSSR count). The van der Waals surface area contributed by atoms with Crippen LogP contribution in [0.1, 0.15) is 37.2 Å². The average molecular weight is 301 g/mol. The lowest BCUT2D eigenvalue weighted by molar-refractivity contribution is -0.142. The number of nitrogens with one attached hydrogen (secondary N) is 2. The summed E-state index contributed by atoms with van der Waals surface area (Å²) in [6, 6.07) is 0. The van der Waals surface area contributed by atoms with Crippen molar-refractivity contribution in [2.24, 2.45) is 17.6 Å². The first-order valence-corrected chi connectivity index (χ1v) is 6.76. The molecule has 116 valence electrons. The largest absolute Gasteiger partial charge is 0.433 e. The maximum absolute atomic E-state index is 13.2. The first kappa shape index (κ1) is 15.5. The zero-order valence-corrected chi connectivity index (χ0v) is 11.9. The molecule has 1 aliphatic rings. The summed E-state index contributed by atoms with van der Waals surface area (Å²) in [5, 5.41) is 9.33. The molecular weight excluding hydrogens is 283 g/mol. The number of fused-ring (bicyclic) bond motifs is 1. The second-order valence-corrected chi connectivity index (χ2v) is 5.60. The van der Waals surface area contributed by atoms with E-state index in [0.29, 0.717) is 24.5 Å². The number of guanidine groups is 1. The van der Waals surface area contributed by atoms with Crippen molar-refractivity contribution in [3.8, 4) is 0 Å². The van der Waals surface area contributed by atoms with Gasteiger partial charge < -0.3 is 5.73 Å². The molecule has 8 heteroatoms. The van der Waals surface area contributed by atoms with E-state index in [-0.39, 0.29) is 17.4 Å². The van der Waals surface area contributed by atoms with Crippen molar-refractivity contribution in [2.75, 3.05) is 5.32 Å². The van der Waals surface area contributed by atoms with Crippen molar-refractivity contribution in [1.82, 2.24) is 9.97 Å². The monoisotopic (exact) mass is 301 g/mol. The Morgan fingerprint density at radius 2 is 2.05 bits per heavy atom. The predicted octanol–water partition coefficient (Wildman–Crippen LogP) is 2.56. The number of rotatable bonds is 2. The van der Waals surface area contributed by atoms with Crippen LogP contribution in [0, 0.1) is 17.2 Å². The van der Waals surface area contributed by atoms with Crippen molar-refractivity contribution >= 4 is 11.9 Å². The third-order valence-corrected chi connectivity index (χ3v) is 3.77. The van der Waals surface area contributed by atoms with Crippen LogP contribution in [0.2, 0.25) is 0 Å². The highest BCUT2D eigenvalue weighted by Crippen LogP contribution is 2.38. The number of alkyl halides is 3. The van der Waals surface area contributed by atoms with Crippen molar-refractivity contribution in [3.05, 3.63) is 17.0 Å². The Labute approximate surface area is 120 Å². The lowest BCUT2D eigenvalue weighted by atomic mass is 9.79. The van der Waals surface area contributed by atoms with E-state index >= 15 is 0 Å². The van der Waals surface area contributed by atoms with E-state index in [1.807, 2.05) is 13.8 Å². The van der Waals surface area contributed by atoms with Gasteiger partial charge in [0.05, 0.1) is 0 Å². The first-order valence-electron chi connectivity index (χ1n) is 6.76. The highest BCUT2D eigenvalue weighted by atomic mass is 19.4. The number of nitrogens with zero attached hydrogens (tertiary/aromatic N) is 2. The van der Waals surface area contributed by atoms with Crippen LogP contribution >= 0.6 is 0 Å². The van der Waals surface area contributed by atoms with Crippen molar-refractivity contribution in [3.63, 3.8) is 0 Å². The van der Waals surface area contributed by atoms with Gasteiger partial charge in [-0.3, -0.25) is 10.7 Å². The molecule has 0 radical (unpaired) electrons. The molecular formula is C13H18F3N5. The Morgan fingerprint density at radius 1 is 1.38 bits per heavy atom. The van der Waals surface area contributed by atoms with Gasteiger partial charge in [0.25, 0.3) is 0 Å². The minimum Gasteiger partial charge on any atom is -0.370 e. The van der Waals surface area contributed by atoms with E-state index in [0.717, 1.165) is 6.42 Å². The SMILES string of the molecule is CC(C)C1CCc2nc(NC(=N)N)nc(C(F)(F)F)c2C1. The van der Waals surface area contributed by atoms with Crippen LogP contribution < -0.4 is 11.1 Å². The summed E-state index contributed by atoms with van der Waals surface area (Å²) in [5.41, 5.74) is 4.80. The second-order valence-electron chi connectivity index (χ2n) is 5.60. The fourth-order valence-corrected chi connectivity index (χ4v) is 2.62. The topological polar surface area (TPSA) is 87.7 Å². The van der Waals surface area contributed by atoms with Crippen LogP contribution in [0.3, 0.4) is 0 Å². The summed E-state index contributed by atoms with van der Waals surface area (Å²) in [7, 11) is 0. The maximum Gasteiger partial charge on any atom is 0.433 e. The second kappa shape index (κ2) is 5.50. The minimum atomic E-state index is -4.54. The molecule has 0 aromatic carbocycles. The zero-order valence-electron chi connectivity index (χ0n) is 11.9. The fourth-order valence-electron chi connectivity index (χ4n) is 2.62. The summed E-state index contributed by atoms with van der Waals surface area (Å²) >= 11 is 0. The highest BCUT2D eigenvalue weighted by molar-refractivity contribution is 5.87. The van der Waals surface area contributed by atoms with Gasteiger partial charge in [-0.15, -0.1) is 0 Å². The normalized spacial score (nSPS) is 18.5. The van der Waals surface area contributed by atoms with Crippen molar-refractivity contribution in [2.45, 2.75) is 39.3 Å². The molecule has 1 heterocycles. The van der Waals surface area contributed by atoms with Gasteiger partial charge in [0.2, 0.25) is 5.95 Å². The highest BCUT2D eigenvalue weighted by Gasteiger charge is 2.39. The molecule has 0 amide bonds. The minimum absolute atomic E-state index is 0.182. The predicted molar refractivity (Wildman–Crippen MR) is 72.9 cm³/mol. The smallest absolute Gasteiger partial charge is 0.370 e. The molecule has 5 nitrogen and oxygen atoms in total. The van der Waals surface area contributed by atoms with E-state index in [2.05, 4.69) is 15.3 Å². The maximum atomic E-state index is 13.2. The zero-order chi connectivity index (χ0) is 15.8. The standard InChI is InChI=1S/C13H18F3N5/c1-6(2)7-3-4-9-8(5-7)10(13(14,15)16)20-12(19-9)21-11(17)18/h6-7H,3-5H2,1-2H3,(H4,17,18,19,20,21). The van der Waals surface area contributed by atoms with Crippen LogP contribution in [0.5, 0.6) is 0 Å². The molecule has 1 aliphatic carbocycles. The van der Waals surface area contributed by atoms with Gasteiger partial charge in [-0.1, -0.05) is 13.8 Å². The number of hydrogen-bond donors (Lipinski definition) is 3. The van der Waals surface area contributed by atoms with Crippen LogP contribution in [0.15, 0.2) is 0 Å². The molecule has 0 saturated heterocycles. The van der Waals surface area contributed by atoms with Crippen LogP contribution in [-0.4, -0.2) is 15.9 Å². The molecule has 0 bridgehead atoms. The molecule has 0 fully saturated rings. The summed E-state index contributed by atoms with van der Waals surface area (Å²) in [4.78, 5) is 7.60. The molecule has 0 saturated carbocycles. The quantitative estimate of drug-likeness (QED) is 0.578. The number of aryl methyl sites for hydroxylation is 1. The van der Waals surface area contributed by atoms with Crippen LogP contribution in [0.4, 0.5) is 19.1 Å². The van der Waals surface area contributed by atoms with E-state index in [1.54, 1.807) is 0 Å². The van der Waals surface area contributed by atoms with Gasteiger partial charge in [0.1, 0.15) is 0 Å². The fraction of sp³-hybridized carbons (Fsp3) is 0.615. The Hall–Kier alpha value is -1.86. The third kappa shape index (κ3) is 3.43. The Bertz CT molecular complexity index is 553. The Morgan fingerprint density at radius 3 is 2.57 bits per heavy atom. The Kier molecular flexibility index (Phi) is 4.06. The number of anilines is 1. The number of aromatic nitrogens is 2.